The second-order valence-electron chi connectivity index (χ2n) is 1.73. The van der Waals surface area contributed by atoms with Crippen molar-refractivity contribution >= 4 is 17.7 Å². The molecule has 0 heterocycles. The Balaban J connectivity index is 2.58. The molecule has 11 heavy (non-hydrogen) atoms. The number of carbonyl (C=O) groups excluding carboxylic acids is 1. The largest absolute Gasteiger partial charge is 0.418 e. The molecule has 0 spiro atoms. The second-order valence-corrected chi connectivity index (χ2v) is 2.28. The molecule has 0 unspecified atom stereocenters. The topological polar surface area (TPSA) is 26.3 Å². The maximum Gasteiger partial charge on any atom is 0.215 e. The van der Waals surface area contributed by atoms with Crippen molar-refractivity contribution in [3.8, 4) is 5.75 Å². The summed E-state index contributed by atoms with van der Waals surface area (Å²) in [4.78, 5) is 9.81. The molecule has 0 bridgehead atoms. The summed E-state index contributed by atoms with van der Waals surface area (Å²) in [5.74, 6) is 0.136. The van der Waals surface area contributed by atoms with Crippen LogP contribution >= 0.6 is 12.0 Å². The van der Waals surface area contributed by atoms with Crippen molar-refractivity contribution in [3.63, 3.8) is 0 Å². The lowest BCUT2D eigenvalue weighted by Gasteiger charge is -1.97. The lowest BCUT2D eigenvalue weighted by atomic mass is 10.3. The average Bonchev–Trinajstić information content (AvgIpc) is 2.04. The van der Waals surface area contributed by atoms with E-state index in [2.05, 4.69) is 0 Å². The van der Waals surface area contributed by atoms with E-state index in [9.17, 15) is 9.18 Å². The summed E-state index contributed by atoms with van der Waals surface area (Å²) in [7, 11) is 0. The molecular weight excluding hydrogens is 167 g/mol. The molecule has 0 aliphatic heterocycles. The number of rotatable bonds is 3. The van der Waals surface area contributed by atoms with E-state index in [4.69, 9.17) is 4.18 Å². The van der Waals surface area contributed by atoms with Crippen LogP contribution in [0.5, 0.6) is 5.75 Å². The van der Waals surface area contributed by atoms with Crippen LogP contribution in [0.4, 0.5) is 4.39 Å². The predicted molar refractivity (Wildman–Crippen MR) is 41.4 cm³/mol. The molecular formula is C7H5FO2S. The molecule has 0 atom stereocenters. The van der Waals surface area contributed by atoms with E-state index in [1.165, 1.54) is 24.3 Å². The molecule has 0 N–H and O–H groups in total. The number of benzene rings is 1. The maximum absolute atomic E-state index is 12.3. The highest BCUT2D eigenvalue weighted by Crippen LogP contribution is 2.14. The van der Waals surface area contributed by atoms with Crippen molar-refractivity contribution in [2.45, 2.75) is 0 Å². The van der Waals surface area contributed by atoms with E-state index in [-0.39, 0.29) is 5.82 Å². The Labute approximate surface area is 67.6 Å². The fraction of sp³-hybridized carbons (Fsp3) is 0. The average molecular weight is 172 g/mol. The minimum atomic E-state index is -0.326. The van der Waals surface area contributed by atoms with Crippen LogP contribution in [0.25, 0.3) is 0 Å². The molecule has 58 valence electrons. The first-order valence-corrected chi connectivity index (χ1v) is 3.66. The van der Waals surface area contributed by atoms with Gasteiger partial charge in [-0.3, -0.25) is 4.79 Å². The summed E-state index contributed by atoms with van der Waals surface area (Å²) in [6, 6.07) is 5.43. The molecule has 0 aliphatic carbocycles. The van der Waals surface area contributed by atoms with Crippen LogP contribution in [-0.2, 0) is 4.79 Å². The molecule has 0 aliphatic rings. The van der Waals surface area contributed by atoms with Crippen molar-refractivity contribution in [3.05, 3.63) is 30.1 Å². The molecule has 1 aromatic carbocycles. The van der Waals surface area contributed by atoms with Gasteiger partial charge in [-0.15, -0.1) is 0 Å². The number of halogens is 1. The van der Waals surface area contributed by atoms with Crippen LogP contribution in [0.2, 0.25) is 0 Å². The molecule has 1 rings (SSSR count). The minimum Gasteiger partial charge on any atom is -0.418 e. The number of hydrogen-bond acceptors (Lipinski definition) is 3. The summed E-state index contributed by atoms with van der Waals surface area (Å²) < 4.78 is 17.1. The lowest BCUT2D eigenvalue weighted by Crippen LogP contribution is -1.80. The molecule has 1 aromatic rings. The van der Waals surface area contributed by atoms with E-state index in [1.54, 1.807) is 0 Å². The van der Waals surface area contributed by atoms with Crippen molar-refractivity contribution in [1.82, 2.24) is 0 Å². The number of carbonyl (C=O) groups is 1. The van der Waals surface area contributed by atoms with Gasteiger partial charge in [0.25, 0.3) is 0 Å². The van der Waals surface area contributed by atoms with Gasteiger partial charge in [0, 0.05) is 0 Å². The Morgan fingerprint density at radius 2 is 2.00 bits per heavy atom. The van der Waals surface area contributed by atoms with Gasteiger partial charge >= 0.3 is 0 Å². The van der Waals surface area contributed by atoms with Crippen molar-refractivity contribution in [2.24, 2.45) is 0 Å². The molecule has 0 fully saturated rings. The third kappa shape index (κ3) is 2.59. The highest BCUT2D eigenvalue weighted by molar-refractivity contribution is 8.08. The van der Waals surface area contributed by atoms with Crippen LogP contribution in [0.1, 0.15) is 0 Å². The van der Waals surface area contributed by atoms with Gasteiger partial charge in [-0.1, -0.05) is 0 Å². The first kappa shape index (κ1) is 8.07. The maximum atomic E-state index is 12.3. The smallest absolute Gasteiger partial charge is 0.215 e. The standard InChI is InChI=1S/C7H5FO2S/c8-6-1-3-7(4-2-6)10-11-5-9/h1-5H. The fourth-order valence-electron chi connectivity index (χ4n) is 0.565. The molecule has 0 radical (unpaired) electrons. The summed E-state index contributed by atoms with van der Waals surface area (Å²) >= 11 is 0.664. The summed E-state index contributed by atoms with van der Waals surface area (Å²) in [5, 5.41) is 0. The molecule has 0 amide bonds. The van der Waals surface area contributed by atoms with E-state index in [0.717, 1.165) is 0 Å². The Morgan fingerprint density at radius 1 is 1.36 bits per heavy atom. The van der Waals surface area contributed by atoms with Gasteiger partial charge in [0.15, 0.2) is 0 Å². The van der Waals surface area contributed by atoms with Crippen LogP contribution in [0, 0.1) is 5.82 Å². The Kier molecular flexibility index (Phi) is 2.92. The quantitative estimate of drug-likeness (QED) is 0.515. The highest BCUT2D eigenvalue weighted by Gasteiger charge is 1.93. The van der Waals surface area contributed by atoms with Crippen LogP contribution < -0.4 is 4.18 Å². The van der Waals surface area contributed by atoms with Crippen LogP contribution in [0.15, 0.2) is 24.3 Å². The summed E-state index contributed by atoms with van der Waals surface area (Å²) in [6.07, 6.45) is 0. The number of hydrogen-bond donors (Lipinski definition) is 0. The normalized spacial score (nSPS) is 9.18. The highest BCUT2D eigenvalue weighted by atomic mass is 32.2. The lowest BCUT2D eigenvalue weighted by molar-refractivity contribution is 0.565. The van der Waals surface area contributed by atoms with E-state index < -0.39 is 0 Å². The van der Waals surface area contributed by atoms with E-state index in [0.29, 0.717) is 23.4 Å². The van der Waals surface area contributed by atoms with Gasteiger partial charge in [0.1, 0.15) is 23.6 Å². The van der Waals surface area contributed by atoms with Gasteiger partial charge in [-0.2, -0.15) is 0 Å². The third-order valence-corrected chi connectivity index (χ3v) is 1.36. The van der Waals surface area contributed by atoms with Gasteiger partial charge in [-0.25, -0.2) is 4.39 Å². The van der Waals surface area contributed by atoms with Gasteiger partial charge in [0.05, 0.1) is 0 Å². The van der Waals surface area contributed by atoms with Crippen molar-refractivity contribution < 1.29 is 13.4 Å². The van der Waals surface area contributed by atoms with E-state index >= 15 is 0 Å². The van der Waals surface area contributed by atoms with E-state index in [1.807, 2.05) is 0 Å². The Hall–Kier alpha value is -1.03. The third-order valence-electron chi connectivity index (χ3n) is 0.997. The van der Waals surface area contributed by atoms with Crippen LogP contribution in [-0.4, -0.2) is 5.62 Å². The fourth-order valence-corrected chi connectivity index (χ4v) is 0.827. The van der Waals surface area contributed by atoms with Gasteiger partial charge < -0.3 is 4.18 Å². The van der Waals surface area contributed by atoms with Gasteiger partial charge in [-0.05, 0) is 24.3 Å². The second kappa shape index (κ2) is 3.98. The summed E-state index contributed by atoms with van der Waals surface area (Å²) in [6.45, 7) is 0. The Morgan fingerprint density at radius 3 is 2.55 bits per heavy atom. The van der Waals surface area contributed by atoms with Crippen molar-refractivity contribution in [2.75, 3.05) is 0 Å². The first-order valence-electron chi connectivity index (χ1n) is 2.85. The summed E-state index contributed by atoms with van der Waals surface area (Å²) in [5.41, 5.74) is 0.559. The SMILES string of the molecule is O=CSOc1ccc(F)cc1. The molecule has 0 saturated heterocycles. The van der Waals surface area contributed by atoms with Crippen LogP contribution in [0.3, 0.4) is 0 Å². The molecule has 0 aromatic heterocycles. The zero-order valence-electron chi connectivity index (χ0n) is 5.49. The molecule has 2 nitrogen and oxygen atoms in total. The minimum absolute atomic E-state index is 0.326. The predicted octanol–water partition coefficient (Wildman–Crippen LogP) is 2.04. The molecule has 0 saturated carbocycles. The zero-order valence-corrected chi connectivity index (χ0v) is 6.31. The Bertz CT molecular complexity index is 235. The van der Waals surface area contributed by atoms with Crippen molar-refractivity contribution in [1.29, 1.82) is 0 Å². The zero-order chi connectivity index (χ0) is 8.10. The monoisotopic (exact) mass is 172 g/mol. The molecule has 4 heteroatoms. The first-order chi connectivity index (χ1) is 5.33. The van der Waals surface area contributed by atoms with Gasteiger partial charge in [0.2, 0.25) is 5.62 Å².